The summed E-state index contributed by atoms with van der Waals surface area (Å²) in [4.78, 5) is 12.0. The molecule has 1 aromatic rings. The Kier molecular flexibility index (Phi) is 3.07. The quantitative estimate of drug-likeness (QED) is 0.778. The summed E-state index contributed by atoms with van der Waals surface area (Å²) in [6.45, 7) is 1.87. The third kappa shape index (κ3) is 2.74. The molecule has 0 amide bonds. The SMILES string of the molecule is Cc1cc(CC(=O)C2CCS(=O)(=O)C2)n(C)n1. The average molecular weight is 256 g/mol. The fourth-order valence-electron chi connectivity index (χ4n) is 2.20. The van der Waals surface area contributed by atoms with Gasteiger partial charge in [-0.2, -0.15) is 5.10 Å². The minimum atomic E-state index is -2.98. The van der Waals surface area contributed by atoms with E-state index in [0.717, 1.165) is 11.4 Å². The monoisotopic (exact) mass is 256 g/mol. The van der Waals surface area contributed by atoms with Crippen molar-refractivity contribution in [3.05, 3.63) is 17.5 Å². The molecule has 0 bridgehead atoms. The topological polar surface area (TPSA) is 69.0 Å². The number of hydrogen-bond donors (Lipinski definition) is 0. The first kappa shape index (κ1) is 12.3. The summed E-state index contributed by atoms with van der Waals surface area (Å²) < 4.78 is 24.3. The van der Waals surface area contributed by atoms with Gasteiger partial charge < -0.3 is 0 Å². The van der Waals surface area contributed by atoms with E-state index in [1.165, 1.54) is 0 Å². The molecule has 0 saturated carbocycles. The second-order valence-corrected chi connectivity index (χ2v) is 6.87. The zero-order chi connectivity index (χ0) is 12.6. The Balaban J connectivity index is 2.06. The van der Waals surface area contributed by atoms with E-state index in [1.807, 2.05) is 13.0 Å². The molecule has 1 aliphatic heterocycles. The predicted molar refractivity (Wildman–Crippen MR) is 63.4 cm³/mol. The van der Waals surface area contributed by atoms with Crippen LogP contribution in [0.5, 0.6) is 0 Å². The van der Waals surface area contributed by atoms with E-state index in [0.29, 0.717) is 6.42 Å². The first-order chi connectivity index (χ1) is 7.87. The molecule has 0 radical (unpaired) electrons. The fourth-order valence-corrected chi connectivity index (χ4v) is 3.98. The number of hydrogen-bond acceptors (Lipinski definition) is 4. The fraction of sp³-hybridized carbons (Fsp3) is 0.636. The highest BCUT2D eigenvalue weighted by atomic mass is 32.2. The Hall–Kier alpha value is -1.17. The molecular formula is C11H16N2O3S. The van der Waals surface area contributed by atoms with Crippen molar-refractivity contribution in [2.24, 2.45) is 13.0 Å². The van der Waals surface area contributed by atoms with Crippen molar-refractivity contribution in [2.45, 2.75) is 19.8 Å². The van der Waals surface area contributed by atoms with Gasteiger partial charge in [0.1, 0.15) is 5.78 Å². The molecule has 2 heterocycles. The molecule has 94 valence electrons. The van der Waals surface area contributed by atoms with E-state index >= 15 is 0 Å². The zero-order valence-corrected chi connectivity index (χ0v) is 10.8. The lowest BCUT2D eigenvalue weighted by Gasteiger charge is -2.06. The molecule has 0 aromatic carbocycles. The first-order valence-corrected chi connectivity index (χ1v) is 7.42. The highest BCUT2D eigenvalue weighted by molar-refractivity contribution is 7.91. The van der Waals surface area contributed by atoms with Crippen LogP contribution in [0.2, 0.25) is 0 Å². The summed E-state index contributed by atoms with van der Waals surface area (Å²) >= 11 is 0. The van der Waals surface area contributed by atoms with Crippen LogP contribution in [-0.2, 0) is 28.1 Å². The van der Waals surface area contributed by atoms with Crippen LogP contribution in [0.25, 0.3) is 0 Å². The standard InChI is InChI=1S/C11H16N2O3S/c1-8-5-10(13(2)12-8)6-11(14)9-3-4-17(15,16)7-9/h5,9H,3-4,6-7H2,1-2H3. The normalized spacial score (nSPS) is 22.8. The number of rotatable bonds is 3. The molecule has 1 fully saturated rings. The minimum absolute atomic E-state index is 0.00840. The molecule has 5 nitrogen and oxygen atoms in total. The minimum Gasteiger partial charge on any atom is -0.299 e. The zero-order valence-electron chi connectivity index (χ0n) is 10.0. The van der Waals surface area contributed by atoms with Crippen molar-refractivity contribution in [1.29, 1.82) is 0 Å². The number of ketones is 1. The molecule has 1 aliphatic rings. The van der Waals surface area contributed by atoms with Crippen molar-refractivity contribution >= 4 is 15.6 Å². The Morgan fingerprint density at radius 1 is 1.59 bits per heavy atom. The van der Waals surface area contributed by atoms with Crippen LogP contribution in [-0.4, -0.2) is 35.5 Å². The maximum Gasteiger partial charge on any atom is 0.151 e. The van der Waals surface area contributed by atoms with Crippen molar-refractivity contribution in [2.75, 3.05) is 11.5 Å². The lowest BCUT2D eigenvalue weighted by molar-refractivity contribution is -0.121. The van der Waals surface area contributed by atoms with Crippen LogP contribution in [0.1, 0.15) is 17.8 Å². The van der Waals surface area contributed by atoms with Gasteiger partial charge in [0.2, 0.25) is 0 Å². The molecule has 1 saturated heterocycles. The maximum absolute atomic E-state index is 12.0. The van der Waals surface area contributed by atoms with Crippen LogP contribution >= 0.6 is 0 Å². The summed E-state index contributed by atoms with van der Waals surface area (Å²) in [5.41, 5.74) is 1.71. The number of carbonyl (C=O) groups is 1. The second-order valence-electron chi connectivity index (χ2n) is 4.64. The average Bonchev–Trinajstić information content (AvgIpc) is 2.70. The van der Waals surface area contributed by atoms with Gasteiger partial charge in [0.05, 0.1) is 17.2 Å². The molecule has 6 heteroatoms. The molecule has 0 N–H and O–H groups in total. The largest absolute Gasteiger partial charge is 0.299 e. The van der Waals surface area contributed by atoms with E-state index in [1.54, 1.807) is 11.7 Å². The summed E-state index contributed by atoms with van der Waals surface area (Å²) in [7, 11) is -1.19. The molecule has 17 heavy (non-hydrogen) atoms. The number of aryl methyl sites for hydroxylation is 2. The first-order valence-electron chi connectivity index (χ1n) is 5.60. The van der Waals surface area contributed by atoms with Crippen molar-refractivity contribution in [3.63, 3.8) is 0 Å². The van der Waals surface area contributed by atoms with Gasteiger partial charge in [-0.15, -0.1) is 0 Å². The van der Waals surface area contributed by atoms with Crippen LogP contribution in [0, 0.1) is 12.8 Å². The molecule has 1 aromatic heterocycles. The number of sulfone groups is 1. The molecular weight excluding hydrogens is 240 g/mol. The lowest BCUT2D eigenvalue weighted by atomic mass is 10.00. The highest BCUT2D eigenvalue weighted by Gasteiger charge is 2.32. The van der Waals surface area contributed by atoms with Gasteiger partial charge in [-0.3, -0.25) is 9.48 Å². The predicted octanol–water partition coefficient (Wildman–Crippen LogP) is 0.275. The van der Waals surface area contributed by atoms with Gasteiger partial charge in [-0.1, -0.05) is 0 Å². The van der Waals surface area contributed by atoms with E-state index < -0.39 is 9.84 Å². The van der Waals surface area contributed by atoms with E-state index in [-0.39, 0.29) is 29.6 Å². The van der Waals surface area contributed by atoms with E-state index in [4.69, 9.17) is 0 Å². The van der Waals surface area contributed by atoms with Crippen LogP contribution in [0.15, 0.2) is 6.07 Å². The number of carbonyl (C=O) groups excluding carboxylic acids is 1. The Morgan fingerprint density at radius 2 is 2.29 bits per heavy atom. The van der Waals surface area contributed by atoms with Gasteiger partial charge in [-0.05, 0) is 19.4 Å². The van der Waals surface area contributed by atoms with Crippen LogP contribution < -0.4 is 0 Å². The number of Topliss-reactive ketones (excluding diaryl/α,β-unsaturated/α-hetero) is 1. The Bertz CT molecular complexity index is 545. The van der Waals surface area contributed by atoms with Crippen LogP contribution in [0.4, 0.5) is 0 Å². The number of aromatic nitrogens is 2. The highest BCUT2D eigenvalue weighted by Crippen LogP contribution is 2.21. The Morgan fingerprint density at radius 3 is 2.76 bits per heavy atom. The summed E-state index contributed by atoms with van der Waals surface area (Å²) in [6.07, 6.45) is 0.746. The Labute approximate surface area is 101 Å². The lowest BCUT2D eigenvalue weighted by Crippen LogP contribution is -2.19. The molecule has 0 aliphatic carbocycles. The van der Waals surface area contributed by atoms with Gasteiger partial charge in [0.15, 0.2) is 9.84 Å². The van der Waals surface area contributed by atoms with Crippen LogP contribution in [0.3, 0.4) is 0 Å². The van der Waals surface area contributed by atoms with Gasteiger partial charge in [0, 0.05) is 25.1 Å². The third-order valence-corrected chi connectivity index (χ3v) is 4.91. The van der Waals surface area contributed by atoms with Crippen molar-refractivity contribution < 1.29 is 13.2 Å². The second kappa shape index (κ2) is 4.25. The van der Waals surface area contributed by atoms with Crippen molar-refractivity contribution in [1.82, 2.24) is 9.78 Å². The molecule has 0 spiro atoms. The van der Waals surface area contributed by atoms with Gasteiger partial charge >= 0.3 is 0 Å². The van der Waals surface area contributed by atoms with E-state index in [2.05, 4.69) is 5.10 Å². The van der Waals surface area contributed by atoms with Gasteiger partial charge in [-0.25, -0.2) is 8.42 Å². The smallest absolute Gasteiger partial charge is 0.151 e. The van der Waals surface area contributed by atoms with Crippen molar-refractivity contribution in [3.8, 4) is 0 Å². The molecule has 1 atom stereocenters. The summed E-state index contributed by atoms with van der Waals surface area (Å²) in [5, 5.41) is 4.17. The molecule has 1 unspecified atom stereocenters. The maximum atomic E-state index is 12.0. The van der Waals surface area contributed by atoms with Gasteiger partial charge in [0.25, 0.3) is 0 Å². The molecule has 2 rings (SSSR count). The van der Waals surface area contributed by atoms with E-state index in [9.17, 15) is 13.2 Å². The third-order valence-electron chi connectivity index (χ3n) is 3.14. The number of nitrogens with zero attached hydrogens (tertiary/aromatic N) is 2. The summed E-state index contributed by atoms with van der Waals surface area (Å²) in [5.74, 6) is -0.152. The summed E-state index contributed by atoms with van der Waals surface area (Å²) in [6, 6.07) is 1.86.